The van der Waals surface area contributed by atoms with Crippen molar-refractivity contribution in [3.8, 4) is 17.2 Å². The fourth-order valence-electron chi connectivity index (χ4n) is 1.19. The van der Waals surface area contributed by atoms with E-state index >= 15 is 0 Å². The van der Waals surface area contributed by atoms with Crippen molar-refractivity contribution in [2.45, 2.75) is 19.1 Å². The van der Waals surface area contributed by atoms with Crippen LogP contribution in [-0.4, -0.2) is 26.5 Å². The van der Waals surface area contributed by atoms with Gasteiger partial charge >= 0.3 is 0 Å². The van der Waals surface area contributed by atoms with Crippen molar-refractivity contribution < 1.29 is 20.4 Å². The molecule has 0 amide bonds. The highest BCUT2D eigenvalue weighted by molar-refractivity contribution is 5.50. The van der Waals surface area contributed by atoms with Crippen molar-refractivity contribution in [2.24, 2.45) is 5.73 Å². The van der Waals surface area contributed by atoms with Crippen LogP contribution in [0.5, 0.6) is 17.2 Å². The lowest BCUT2D eigenvalue weighted by atomic mass is 10.0. The first kappa shape index (κ1) is 10.6. The molecule has 1 aromatic rings. The van der Waals surface area contributed by atoms with Crippen molar-refractivity contribution in [1.29, 1.82) is 0 Å². The third-order valence-corrected chi connectivity index (χ3v) is 1.97. The number of hydrogen-bond acceptors (Lipinski definition) is 5. The van der Waals surface area contributed by atoms with E-state index in [1.54, 1.807) is 0 Å². The number of benzene rings is 1. The Bertz CT molecular complexity index is 315. The van der Waals surface area contributed by atoms with Gasteiger partial charge in [0.25, 0.3) is 0 Å². The maximum atomic E-state index is 9.38. The first-order valence-corrected chi connectivity index (χ1v) is 4.12. The summed E-state index contributed by atoms with van der Waals surface area (Å²) < 4.78 is 0. The minimum atomic E-state index is -0.906. The van der Waals surface area contributed by atoms with Gasteiger partial charge in [-0.1, -0.05) is 0 Å². The molecule has 2 atom stereocenters. The lowest BCUT2D eigenvalue weighted by molar-refractivity contribution is 0.161. The Labute approximate surface area is 81.0 Å². The van der Waals surface area contributed by atoms with Crippen LogP contribution in [0.25, 0.3) is 0 Å². The van der Waals surface area contributed by atoms with Gasteiger partial charge in [0.05, 0.1) is 17.7 Å². The lowest BCUT2D eigenvalue weighted by Crippen LogP contribution is -2.23. The smallest absolute Gasteiger partial charge is 0.127 e. The standard InChI is InChI=1S/C9H13NO4/c1-4(11)9(10)8-6(13)2-5(12)3-7(8)14/h2-4,9,11-14H,10H2,1H3/t4?,9-/m0/s1. The van der Waals surface area contributed by atoms with Crippen LogP contribution in [0.1, 0.15) is 18.5 Å². The van der Waals surface area contributed by atoms with Gasteiger partial charge in [-0.25, -0.2) is 0 Å². The second-order valence-electron chi connectivity index (χ2n) is 3.16. The second-order valence-corrected chi connectivity index (χ2v) is 3.16. The van der Waals surface area contributed by atoms with E-state index in [4.69, 9.17) is 10.8 Å². The second kappa shape index (κ2) is 3.73. The number of aromatic hydroxyl groups is 3. The molecule has 0 fully saturated rings. The molecule has 14 heavy (non-hydrogen) atoms. The molecular weight excluding hydrogens is 186 g/mol. The number of phenolic OH excluding ortho intramolecular Hbond substituents is 3. The summed E-state index contributed by atoms with van der Waals surface area (Å²) in [6.45, 7) is 1.44. The normalized spacial score (nSPS) is 15.1. The number of aliphatic hydroxyl groups excluding tert-OH is 1. The molecule has 0 saturated carbocycles. The Morgan fingerprint density at radius 1 is 1.14 bits per heavy atom. The van der Waals surface area contributed by atoms with Gasteiger partial charge in [-0.2, -0.15) is 0 Å². The van der Waals surface area contributed by atoms with Crippen LogP contribution < -0.4 is 5.73 Å². The average molecular weight is 199 g/mol. The molecule has 0 aliphatic carbocycles. The van der Waals surface area contributed by atoms with Crippen molar-refractivity contribution in [3.05, 3.63) is 17.7 Å². The molecule has 0 bridgehead atoms. The van der Waals surface area contributed by atoms with Gasteiger partial charge in [0.1, 0.15) is 17.2 Å². The molecule has 0 aliphatic rings. The van der Waals surface area contributed by atoms with E-state index in [0.29, 0.717) is 0 Å². The molecule has 6 N–H and O–H groups in total. The zero-order valence-corrected chi connectivity index (χ0v) is 7.68. The zero-order chi connectivity index (χ0) is 10.9. The Kier molecular flexibility index (Phi) is 2.83. The van der Waals surface area contributed by atoms with Crippen LogP contribution in [0, 0.1) is 0 Å². The van der Waals surface area contributed by atoms with Crippen LogP contribution in [0.3, 0.4) is 0 Å². The van der Waals surface area contributed by atoms with Crippen molar-refractivity contribution in [1.82, 2.24) is 0 Å². The Morgan fingerprint density at radius 2 is 1.57 bits per heavy atom. The zero-order valence-electron chi connectivity index (χ0n) is 7.68. The molecule has 0 aromatic heterocycles. The van der Waals surface area contributed by atoms with Crippen LogP contribution >= 0.6 is 0 Å². The van der Waals surface area contributed by atoms with E-state index in [2.05, 4.69) is 0 Å². The van der Waals surface area contributed by atoms with Gasteiger partial charge in [-0.05, 0) is 6.92 Å². The van der Waals surface area contributed by atoms with Crippen LogP contribution in [0.4, 0.5) is 0 Å². The number of nitrogens with two attached hydrogens (primary N) is 1. The molecule has 5 heteroatoms. The van der Waals surface area contributed by atoms with E-state index in [0.717, 1.165) is 12.1 Å². The topological polar surface area (TPSA) is 107 Å². The Morgan fingerprint density at radius 3 is 1.93 bits per heavy atom. The maximum absolute atomic E-state index is 9.38. The minimum absolute atomic E-state index is 0.0257. The highest BCUT2D eigenvalue weighted by Gasteiger charge is 2.20. The highest BCUT2D eigenvalue weighted by Crippen LogP contribution is 2.36. The fourth-order valence-corrected chi connectivity index (χ4v) is 1.19. The summed E-state index contributed by atoms with van der Waals surface area (Å²) in [7, 11) is 0. The number of aliphatic hydroxyl groups is 1. The first-order valence-electron chi connectivity index (χ1n) is 4.12. The first-order chi connectivity index (χ1) is 6.43. The molecular formula is C9H13NO4. The summed E-state index contributed by atoms with van der Waals surface area (Å²) in [5.74, 6) is -0.937. The van der Waals surface area contributed by atoms with Crippen LogP contribution in [0.2, 0.25) is 0 Å². The number of hydrogen-bond donors (Lipinski definition) is 5. The number of phenols is 3. The molecule has 1 unspecified atom stereocenters. The number of rotatable bonds is 2. The van der Waals surface area contributed by atoms with Crippen molar-refractivity contribution >= 4 is 0 Å². The Balaban J connectivity index is 3.20. The molecule has 0 spiro atoms. The van der Waals surface area contributed by atoms with Gasteiger partial charge in [-0.15, -0.1) is 0 Å². The molecule has 0 aliphatic heterocycles. The van der Waals surface area contributed by atoms with Crippen molar-refractivity contribution in [3.63, 3.8) is 0 Å². The highest BCUT2D eigenvalue weighted by atomic mass is 16.3. The fraction of sp³-hybridized carbons (Fsp3) is 0.333. The molecule has 5 nitrogen and oxygen atoms in total. The van der Waals surface area contributed by atoms with E-state index in [9.17, 15) is 15.3 Å². The van der Waals surface area contributed by atoms with Gasteiger partial charge in [0.2, 0.25) is 0 Å². The van der Waals surface area contributed by atoms with Gasteiger partial charge in [0.15, 0.2) is 0 Å². The SMILES string of the molecule is CC(O)[C@H](N)c1c(O)cc(O)cc1O. The monoisotopic (exact) mass is 199 g/mol. The quantitative estimate of drug-likeness (QED) is 0.467. The van der Waals surface area contributed by atoms with E-state index in [-0.39, 0.29) is 22.8 Å². The third-order valence-electron chi connectivity index (χ3n) is 1.97. The molecule has 78 valence electrons. The van der Waals surface area contributed by atoms with E-state index in [1.165, 1.54) is 6.92 Å². The summed E-state index contributed by atoms with van der Waals surface area (Å²) in [6.07, 6.45) is -0.906. The van der Waals surface area contributed by atoms with E-state index < -0.39 is 12.1 Å². The maximum Gasteiger partial charge on any atom is 0.127 e. The molecule has 0 heterocycles. The molecule has 0 radical (unpaired) electrons. The van der Waals surface area contributed by atoms with Crippen LogP contribution in [0.15, 0.2) is 12.1 Å². The van der Waals surface area contributed by atoms with Gasteiger partial charge in [-0.3, -0.25) is 0 Å². The van der Waals surface area contributed by atoms with Gasteiger partial charge < -0.3 is 26.2 Å². The summed E-state index contributed by atoms with van der Waals surface area (Å²) in [5.41, 5.74) is 5.56. The predicted molar refractivity (Wildman–Crippen MR) is 50.0 cm³/mol. The largest absolute Gasteiger partial charge is 0.508 e. The minimum Gasteiger partial charge on any atom is -0.508 e. The lowest BCUT2D eigenvalue weighted by Gasteiger charge is -2.17. The molecule has 0 saturated heterocycles. The summed E-state index contributed by atoms with van der Waals surface area (Å²) in [5, 5.41) is 37.0. The van der Waals surface area contributed by atoms with E-state index in [1.807, 2.05) is 0 Å². The summed E-state index contributed by atoms with van der Waals surface area (Å²) >= 11 is 0. The Hall–Kier alpha value is -1.46. The van der Waals surface area contributed by atoms with Gasteiger partial charge in [0, 0.05) is 12.1 Å². The molecule has 1 aromatic carbocycles. The summed E-state index contributed by atoms with van der Waals surface area (Å²) in [4.78, 5) is 0. The van der Waals surface area contributed by atoms with Crippen LogP contribution in [-0.2, 0) is 0 Å². The predicted octanol–water partition coefficient (Wildman–Crippen LogP) is 0.184. The molecule has 1 rings (SSSR count). The van der Waals surface area contributed by atoms with Crippen molar-refractivity contribution in [2.75, 3.05) is 0 Å². The third kappa shape index (κ3) is 1.89. The summed E-state index contributed by atoms with van der Waals surface area (Å²) in [6, 6.07) is 1.21. The average Bonchev–Trinajstić information content (AvgIpc) is 2.01.